The maximum absolute atomic E-state index is 11.5. The molecule has 0 bridgehead atoms. The predicted molar refractivity (Wildman–Crippen MR) is 97.0 cm³/mol. The van der Waals surface area contributed by atoms with Gasteiger partial charge in [0.25, 0.3) is 0 Å². The Kier molecular flexibility index (Phi) is 6.11. The number of nitrogens with zero attached hydrogens (tertiary/aromatic N) is 2. The molecular formula is C20H23N3O. The molecule has 124 valence electrons. The second-order valence-electron chi connectivity index (χ2n) is 6.06. The molecule has 0 aliphatic heterocycles. The average molecular weight is 321 g/mol. The van der Waals surface area contributed by atoms with Crippen molar-refractivity contribution in [2.75, 3.05) is 18.9 Å². The van der Waals surface area contributed by atoms with Crippen LogP contribution in [0.1, 0.15) is 35.3 Å². The van der Waals surface area contributed by atoms with E-state index in [1.54, 1.807) is 18.2 Å². The fourth-order valence-corrected chi connectivity index (χ4v) is 2.45. The number of rotatable bonds is 7. The zero-order chi connectivity index (χ0) is 17.5. The molecule has 1 unspecified atom stereocenters. The van der Waals surface area contributed by atoms with Gasteiger partial charge in [-0.3, -0.25) is 9.69 Å². The van der Waals surface area contributed by atoms with Gasteiger partial charge in [0.05, 0.1) is 11.3 Å². The first-order valence-corrected chi connectivity index (χ1v) is 8.04. The van der Waals surface area contributed by atoms with Crippen LogP contribution in [0.15, 0.2) is 48.5 Å². The van der Waals surface area contributed by atoms with E-state index in [2.05, 4.69) is 42.4 Å². The molecule has 2 aromatic rings. The number of benzene rings is 2. The third-order valence-corrected chi connectivity index (χ3v) is 4.16. The molecule has 0 fully saturated rings. The van der Waals surface area contributed by atoms with Crippen LogP contribution in [0.5, 0.6) is 0 Å². The molecule has 4 nitrogen and oxygen atoms in total. The van der Waals surface area contributed by atoms with Crippen LogP contribution in [0.2, 0.25) is 0 Å². The van der Waals surface area contributed by atoms with E-state index >= 15 is 0 Å². The molecule has 0 saturated heterocycles. The van der Waals surface area contributed by atoms with Crippen molar-refractivity contribution in [3.8, 4) is 6.07 Å². The van der Waals surface area contributed by atoms with Gasteiger partial charge >= 0.3 is 0 Å². The highest BCUT2D eigenvalue weighted by atomic mass is 16.1. The quantitative estimate of drug-likeness (QED) is 0.790. The molecule has 0 aliphatic carbocycles. The normalized spacial score (nSPS) is 11.8. The van der Waals surface area contributed by atoms with Crippen molar-refractivity contribution >= 4 is 11.5 Å². The Morgan fingerprint density at radius 1 is 1.25 bits per heavy atom. The van der Waals surface area contributed by atoms with E-state index in [0.717, 1.165) is 6.54 Å². The van der Waals surface area contributed by atoms with Gasteiger partial charge in [0.1, 0.15) is 6.07 Å². The number of nitrogens with one attached hydrogen (secondary N) is 1. The largest absolute Gasteiger partial charge is 0.382 e. The fourth-order valence-electron chi connectivity index (χ4n) is 2.45. The van der Waals surface area contributed by atoms with Crippen LogP contribution < -0.4 is 5.32 Å². The number of carbonyl (C=O) groups is 1. The standard InChI is InChI=1S/C20H23N3O/c1-15(23(3)14-17-7-5-4-6-8-17)13-22-20-11-18(16(2)24)9-10-19(20)12-21/h4-11,15,22H,13-14H2,1-3H3. The molecule has 0 saturated carbocycles. The molecule has 0 aliphatic rings. The molecule has 2 rings (SSSR count). The summed E-state index contributed by atoms with van der Waals surface area (Å²) < 4.78 is 0. The van der Waals surface area contributed by atoms with E-state index < -0.39 is 0 Å². The SMILES string of the molecule is CC(=O)c1ccc(C#N)c(NCC(C)N(C)Cc2ccccc2)c1. The first-order chi connectivity index (χ1) is 11.5. The van der Waals surface area contributed by atoms with Gasteiger partial charge in [-0.25, -0.2) is 0 Å². The van der Waals surface area contributed by atoms with E-state index in [-0.39, 0.29) is 11.8 Å². The van der Waals surface area contributed by atoms with E-state index in [4.69, 9.17) is 0 Å². The van der Waals surface area contributed by atoms with Crippen LogP contribution in [-0.4, -0.2) is 30.3 Å². The number of hydrogen-bond acceptors (Lipinski definition) is 4. The third-order valence-electron chi connectivity index (χ3n) is 4.16. The Morgan fingerprint density at radius 2 is 1.96 bits per heavy atom. The summed E-state index contributed by atoms with van der Waals surface area (Å²) in [6, 6.07) is 17.9. The number of Topliss-reactive ketones (excluding diaryl/α,β-unsaturated/α-hetero) is 1. The van der Waals surface area contributed by atoms with Crippen molar-refractivity contribution in [2.24, 2.45) is 0 Å². The van der Waals surface area contributed by atoms with Crippen LogP contribution in [0.4, 0.5) is 5.69 Å². The van der Waals surface area contributed by atoms with Crippen LogP contribution in [-0.2, 0) is 6.54 Å². The summed E-state index contributed by atoms with van der Waals surface area (Å²) in [6.07, 6.45) is 0. The van der Waals surface area contributed by atoms with Crippen LogP contribution in [0, 0.1) is 11.3 Å². The minimum absolute atomic E-state index is 0.00298. The highest BCUT2D eigenvalue weighted by molar-refractivity contribution is 5.95. The number of likely N-dealkylation sites (N-methyl/N-ethyl adjacent to an activating group) is 1. The van der Waals surface area contributed by atoms with Crippen molar-refractivity contribution in [1.82, 2.24) is 4.90 Å². The Bertz CT molecular complexity index is 734. The zero-order valence-electron chi connectivity index (χ0n) is 14.4. The lowest BCUT2D eigenvalue weighted by atomic mass is 10.1. The van der Waals surface area contributed by atoms with Gasteiger partial charge in [-0.2, -0.15) is 5.26 Å². The minimum Gasteiger partial charge on any atom is -0.382 e. The lowest BCUT2D eigenvalue weighted by Crippen LogP contribution is -2.34. The van der Waals surface area contributed by atoms with E-state index in [9.17, 15) is 10.1 Å². The molecule has 1 atom stereocenters. The molecule has 0 amide bonds. The zero-order valence-corrected chi connectivity index (χ0v) is 14.4. The van der Waals surface area contributed by atoms with E-state index in [1.165, 1.54) is 12.5 Å². The second-order valence-corrected chi connectivity index (χ2v) is 6.06. The van der Waals surface area contributed by atoms with Crippen molar-refractivity contribution in [3.63, 3.8) is 0 Å². The first-order valence-electron chi connectivity index (χ1n) is 8.04. The van der Waals surface area contributed by atoms with Crippen molar-refractivity contribution < 1.29 is 4.79 Å². The molecule has 1 N–H and O–H groups in total. The Hall–Kier alpha value is -2.64. The van der Waals surface area contributed by atoms with Crippen LogP contribution in [0.25, 0.3) is 0 Å². The Balaban J connectivity index is 2.00. The lowest BCUT2D eigenvalue weighted by Gasteiger charge is -2.25. The third kappa shape index (κ3) is 4.68. The van der Waals surface area contributed by atoms with Crippen molar-refractivity contribution in [1.29, 1.82) is 5.26 Å². The maximum atomic E-state index is 11.5. The smallest absolute Gasteiger partial charge is 0.159 e. The lowest BCUT2D eigenvalue weighted by molar-refractivity contribution is 0.101. The molecular weight excluding hydrogens is 298 g/mol. The second kappa shape index (κ2) is 8.28. The fraction of sp³-hybridized carbons (Fsp3) is 0.300. The van der Waals surface area contributed by atoms with Crippen LogP contribution in [0.3, 0.4) is 0 Å². The molecule has 24 heavy (non-hydrogen) atoms. The van der Waals surface area contributed by atoms with Gasteiger partial charge in [-0.05, 0) is 44.7 Å². The van der Waals surface area contributed by atoms with Gasteiger partial charge in [-0.1, -0.05) is 30.3 Å². The van der Waals surface area contributed by atoms with E-state index in [0.29, 0.717) is 23.4 Å². The number of hydrogen-bond donors (Lipinski definition) is 1. The number of nitriles is 1. The molecule has 2 aromatic carbocycles. The monoisotopic (exact) mass is 321 g/mol. The van der Waals surface area contributed by atoms with Gasteiger partial charge < -0.3 is 5.32 Å². The highest BCUT2D eigenvalue weighted by Crippen LogP contribution is 2.18. The Labute approximate surface area is 143 Å². The summed E-state index contributed by atoms with van der Waals surface area (Å²) >= 11 is 0. The van der Waals surface area contributed by atoms with E-state index in [1.807, 2.05) is 18.2 Å². The van der Waals surface area contributed by atoms with Crippen LogP contribution >= 0.6 is 0 Å². The minimum atomic E-state index is -0.00298. The number of ketones is 1. The summed E-state index contributed by atoms with van der Waals surface area (Å²) in [5.74, 6) is -0.00298. The number of carbonyl (C=O) groups excluding carboxylic acids is 1. The summed E-state index contributed by atoms with van der Waals surface area (Å²) in [4.78, 5) is 13.8. The first kappa shape index (κ1) is 17.7. The highest BCUT2D eigenvalue weighted by Gasteiger charge is 2.12. The van der Waals surface area contributed by atoms with Crippen molar-refractivity contribution in [3.05, 3.63) is 65.2 Å². The molecule has 0 heterocycles. The molecule has 0 radical (unpaired) electrons. The molecule has 4 heteroatoms. The van der Waals surface area contributed by atoms with Gasteiger partial charge in [0.15, 0.2) is 5.78 Å². The van der Waals surface area contributed by atoms with Gasteiger partial charge in [0.2, 0.25) is 0 Å². The average Bonchev–Trinajstić information content (AvgIpc) is 2.60. The topological polar surface area (TPSA) is 56.1 Å². The summed E-state index contributed by atoms with van der Waals surface area (Å²) in [7, 11) is 2.08. The summed E-state index contributed by atoms with van der Waals surface area (Å²) in [5, 5.41) is 12.5. The predicted octanol–water partition coefficient (Wildman–Crippen LogP) is 3.69. The summed E-state index contributed by atoms with van der Waals surface area (Å²) in [6.45, 7) is 5.22. The van der Waals surface area contributed by atoms with Gasteiger partial charge in [-0.15, -0.1) is 0 Å². The molecule has 0 aromatic heterocycles. The van der Waals surface area contributed by atoms with Gasteiger partial charge in [0, 0.05) is 24.7 Å². The molecule has 0 spiro atoms. The number of anilines is 1. The maximum Gasteiger partial charge on any atom is 0.159 e. The Morgan fingerprint density at radius 3 is 2.58 bits per heavy atom. The van der Waals surface area contributed by atoms with Crippen molar-refractivity contribution in [2.45, 2.75) is 26.4 Å². The summed E-state index contributed by atoms with van der Waals surface area (Å²) in [5.41, 5.74) is 3.15.